The van der Waals surface area contributed by atoms with Gasteiger partial charge >= 0.3 is 6.15 Å². The molecule has 1 heterocycles. The minimum Gasteiger partial charge on any atom is -0.493 e. The van der Waals surface area contributed by atoms with Gasteiger partial charge < -0.3 is 14.3 Å². The summed E-state index contributed by atoms with van der Waals surface area (Å²) in [5, 5.41) is 10.3. The molecule has 6 nitrogen and oxygen atoms in total. The summed E-state index contributed by atoms with van der Waals surface area (Å²) >= 11 is 0. The van der Waals surface area contributed by atoms with Crippen molar-refractivity contribution in [2.75, 3.05) is 6.61 Å². The molecule has 2 rings (SSSR count). The molecule has 6 heteroatoms. The highest BCUT2D eigenvalue weighted by molar-refractivity contribution is 5.42. The average Bonchev–Trinajstić information content (AvgIpc) is 3.22. The Kier molecular flexibility index (Phi) is 10.8. The lowest BCUT2D eigenvalue weighted by Gasteiger charge is -2.29. The van der Waals surface area contributed by atoms with E-state index in [1.807, 2.05) is 0 Å². The molecule has 2 aromatic rings. The molecule has 0 bridgehead atoms. The molecular formula is C26H39NO5. The van der Waals surface area contributed by atoms with Crippen LogP contribution >= 0.6 is 0 Å². The van der Waals surface area contributed by atoms with E-state index in [1.54, 1.807) is 6.26 Å². The highest BCUT2D eigenvalue weighted by atomic mass is 16.5. The summed E-state index contributed by atoms with van der Waals surface area (Å²) in [6.07, 6.45) is 5.86. The molecule has 0 saturated carbocycles. The second-order valence-corrected chi connectivity index (χ2v) is 9.27. The summed E-state index contributed by atoms with van der Waals surface area (Å²) < 4.78 is 11.8. The van der Waals surface area contributed by atoms with Gasteiger partial charge in [-0.1, -0.05) is 53.7 Å². The number of carbonyl (C=O) groups excluding carboxylic acids is 2. The third-order valence-corrected chi connectivity index (χ3v) is 6.03. The summed E-state index contributed by atoms with van der Waals surface area (Å²) in [6, 6.07) is 6.44. The highest BCUT2D eigenvalue weighted by Crippen LogP contribution is 2.40. The summed E-state index contributed by atoms with van der Waals surface area (Å²) in [4.78, 5) is 21.1. The second kappa shape index (κ2) is 12.6. The lowest BCUT2D eigenvalue weighted by atomic mass is 9.75. The van der Waals surface area contributed by atoms with Crippen LogP contribution in [0.2, 0.25) is 0 Å². The number of rotatable bonds is 10. The normalized spacial score (nSPS) is 12.5. The number of aryl methyl sites for hydroxylation is 2. The Bertz CT molecular complexity index is 855. The van der Waals surface area contributed by atoms with E-state index < -0.39 is 0 Å². The van der Waals surface area contributed by atoms with Gasteiger partial charge in [0.1, 0.15) is 12.0 Å². The van der Waals surface area contributed by atoms with Crippen molar-refractivity contribution in [2.45, 2.75) is 92.1 Å². The predicted octanol–water partition coefficient (Wildman–Crippen LogP) is 5.63. The van der Waals surface area contributed by atoms with E-state index in [9.17, 15) is 5.11 Å². The zero-order valence-corrected chi connectivity index (χ0v) is 20.7. The van der Waals surface area contributed by atoms with Gasteiger partial charge in [-0.15, -0.1) is 0 Å². The fourth-order valence-electron chi connectivity index (χ4n) is 3.76. The van der Waals surface area contributed by atoms with Crippen molar-refractivity contribution in [1.29, 1.82) is 0 Å². The SMILES string of the molecule is CCCOc1ccc(C(CC)(CC)c2nc(CCC(O)C(C)(C)C)co2)cc1C.O=C=O. The number of benzene rings is 1. The van der Waals surface area contributed by atoms with Gasteiger partial charge in [0.05, 0.1) is 23.8 Å². The fourth-order valence-corrected chi connectivity index (χ4v) is 3.76. The smallest absolute Gasteiger partial charge is 0.373 e. The molecule has 0 amide bonds. The third kappa shape index (κ3) is 7.04. The zero-order chi connectivity index (χ0) is 24.4. The second-order valence-electron chi connectivity index (χ2n) is 9.27. The van der Waals surface area contributed by atoms with Crippen LogP contribution in [0, 0.1) is 12.3 Å². The molecule has 1 N–H and O–H groups in total. The molecular weight excluding hydrogens is 406 g/mol. The van der Waals surface area contributed by atoms with E-state index in [4.69, 9.17) is 23.7 Å². The third-order valence-electron chi connectivity index (χ3n) is 6.03. The van der Waals surface area contributed by atoms with Gasteiger partial charge in [-0.05, 0) is 61.6 Å². The van der Waals surface area contributed by atoms with E-state index in [2.05, 4.69) is 66.7 Å². The Morgan fingerprint density at radius 3 is 2.28 bits per heavy atom. The van der Waals surface area contributed by atoms with Crippen molar-refractivity contribution in [3.05, 3.63) is 47.2 Å². The van der Waals surface area contributed by atoms with Crippen LogP contribution in [-0.2, 0) is 21.4 Å². The minimum atomic E-state index is -0.358. The summed E-state index contributed by atoms with van der Waals surface area (Å²) in [5.74, 6) is 1.71. The number of ether oxygens (including phenoxy) is 1. The largest absolute Gasteiger partial charge is 0.493 e. The van der Waals surface area contributed by atoms with Crippen LogP contribution in [0.5, 0.6) is 5.75 Å². The van der Waals surface area contributed by atoms with E-state index in [0.717, 1.165) is 48.8 Å². The lowest BCUT2D eigenvalue weighted by Crippen LogP contribution is -2.27. The van der Waals surface area contributed by atoms with Gasteiger partial charge in [0.2, 0.25) is 5.89 Å². The van der Waals surface area contributed by atoms with Crippen LogP contribution in [0.1, 0.15) is 89.9 Å². The number of hydrogen-bond acceptors (Lipinski definition) is 6. The predicted molar refractivity (Wildman–Crippen MR) is 124 cm³/mol. The number of aliphatic hydroxyl groups excluding tert-OH is 1. The van der Waals surface area contributed by atoms with E-state index in [1.165, 1.54) is 5.56 Å². The first-order valence-corrected chi connectivity index (χ1v) is 11.5. The Morgan fingerprint density at radius 1 is 1.16 bits per heavy atom. The maximum atomic E-state index is 10.3. The zero-order valence-electron chi connectivity index (χ0n) is 20.7. The van der Waals surface area contributed by atoms with Gasteiger partial charge in [0, 0.05) is 0 Å². The monoisotopic (exact) mass is 445 g/mol. The van der Waals surface area contributed by atoms with E-state index in [-0.39, 0.29) is 23.1 Å². The summed E-state index contributed by atoms with van der Waals surface area (Å²) in [5.41, 5.74) is 2.89. The molecule has 1 atom stereocenters. The number of aliphatic hydroxyl groups is 1. The van der Waals surface area contributed by atoms with Crippen LogP contribution in [0.15, 0.2) is 28.9 Å². The van der Waals surface area contributed by atoms with Crippen molar-refractivity contribution < 1.29 is 23.8 Å². The minimum absolute atomic E-state index is 0.123. The maximum absolute atomic E-state index is 10.3. The first-order chi connectivity index (χ1) is 15.1. The van der Waals surface area contributed by atoms with Crippen molar-refractivity contribution in [2.24, 2.45) is 5.41 Å². The van der Waals surface area contributed by atoms with Crippen LogP contribution in [-0.4, -0.2) is 29.0 Å². The summed E-state index contributed by atoms with van der Waals surface area (Å²) in [6.45, 7) is 15.5. The highest BCUT2D eigenvalue weighted by Gasteiger charge is 2.36. The van der Waals surface area contributed by atoms with Crippen LogP contribution in [0.4, 0.5) is 0 Å². The lowest BCUT2D eigenvalue weighted by molar-refractivity contribution is -0.191. The molecule has 0 saturated heterocycles. The number of nitrogens with zero attached hydrogens (tertiary/aromatic N) is 1. The molecule has 1 aromatic heterocycles. The van der Waals surface area contributed by atoms with Gasteiger partial charge in [0.15, 0.2) is 0 Å². The average molecular weight is 446 g/mol. The van der Waals surface area contributed by atoms with Crippen LogP contribution in [0.3, 0.4) is 0 Å². The molecule has 0 spiro atoms. The Morgan fingerprint density at radius 2 is 1.78 bits per heavy atom. The Hall–Kier alpha value is -2.43. The first kappa shape index (κ1) is 27.6. The van der Waals surface area contributed by atoms with Crippen molar-refractivity contribution in [1.82, 2.24) is 4.98 Å². The van der Waals surface area contributed by atoms with Gasteiger partial charge in [0.25, 0.3) is 0 Å². The van der Waals surface area contributed by atoms with Crippen molar-refractivity contribution in [3.8, 4) is 5.75 Å². The molecule has 0 aliphatic rings. The van der Waals surface area contributed by atoms with Gasteiger partial charge in [-0.2, -0.15) is 9.59 Å². The van der Waals surface area contributed by atoms with Crippen molar-refractivity contribution >= 4 is 6.15 Å². The molecule has 0 radical (unpaired) electrons. The molecule has 178 valence electrons. The standard InChI is InChI=1S/C25H39NO3.CO2/c1-8-15-28-21-13-11-19(16-18(21)4)25(9-2,10-3)23-26-20(17-29-23)12-14-22(27)24(5,6)7;2-1-3/h11,13,16-17,22,27H,8-10,12,14-15H2,1-7H3;. The molecule has 0 aliphatic carbocycles. The number of oxazole rings is 1. The molecule has 32 heavy (non-hydrogen) atoms. The molecule has 1 aromatic carbocycles. The molecule has 0 fully saturated rings. The van der Waals surface area contributed by atoms with Crippen LogP contribution < -0.4 is 4.74 Å². The van der Waals surface area contributed by atoms with Gasteiger partial charge in [-0.3, -0.25) is 0 Å². The van der Waals surface area contributed by atoms with Crippen LogP contribution in [0.25, 0.3) is 0 Å². The Labute approximate surface area is 192 Å². The Balaban J connectivity index is 0.00000161. The maximum Gasteiger partial charge on any atom is 0.373 e. The number of aromatic nitrogens is 1. The molecule has 1 unspecified atom stereocenters. The first-order valence-electron chi connectivity index (χ1n) is 11.5. The van der Waals surface area contributed by atoms with Gasteiger partial charge in [-0.25, -0.2) is 4.98 Å². The quantitative estimate of drug-likeness (QED) is 0.509. The molecule has 0 aliphatic heterocycles. The van der Waals surface area contributed by atoms with E-state index in [0.29, 0.717) is 12.8 Å². The van der Waals surface area contributed by atoms with Crippen molar-refractivity contribution in [3.63, 3.8) is 0 Å². The fraction of sp³-hybridized carbons (Fsp3) is 0.615. The number of hydrogen-bond donors (Lipinski definition) is 1. The summed E-state index contributed by atoms with van der Waals surface area (Å²) in [7, 11) is 0. The van der Waals surface area contributed by atoms with E-state index >= 15 is 0 Å². The topological polar surface area (TPSA) is 89.6 Å².